The number of halogens is 1. The van der Waals surface area contributed by atoms with Gasteiger partial charge in [-0.15, -0.1) is 0 Å². The first-order valence-electron chi connectivity index (χ1n) is 4.15. The Morgan fingerprint density at radius 1 is 1.54 bits per heavy atom. The van der Waals surface area contributed by atoms with Gasteiger partial charge in [-0.05, 0) is 19.2 Å². The fourth-order valence-electron chi connectivity index (χ4n) is 1.22. The van der Waals surface area contributed by atoms with E-state index >= 15 is 0 Å². The topological polar surface area (TPSA) is 26.0 Å². The standard InChI is InChI=1S/C10H14FNS/c1-7-3-4-9(11)8(5-7)10(12)6-13-2/h3-5,10H,6,12H2,1-2H3. The van der Waals surface area contributed by atoms with Gasteiger partial charge in [0.2, 0.25) is 0 Å². The molecule has 0 fully saturated rings. The number of rotatable bonds is 3. The molecule has 1 unspecified atom stereocenters. The van der Waals surface area contributed by atoms with Gasteiger partial charge in [0.25, 0.3) is 0 Å². The highest BCUT2D eigenvalue weighted by atomic mass is 32.2. The maximum Gasteiger partial charge on any atom is 0.128 e. The van der Waals surface area contributed by atoms with Crippen LogP contribution in [0.3, 0.4) is 0 Å². The minimum Gasteiger partial charge on any atom is -0.323 e. The number of hydrogen-bond acceptors (Lipinski definition) is 2. The number of aryl methyl sites for hydroxylation is 1. The van der Waals surface area contributed by atoms with Crippen LogP contribution in [-0.2, 0) is 0 Å². The number of nitrogens with two attached hydrogens (primary N) is 1. The average Bonchev–Trinajstić information content (AvgIpc) is 2.09. The lowest BCUT2D eigenvalue weighted by atomic mass is 10.1. The largest absolute Gasteiger partial charge is 0.323 e. The lowest BCUT2D eigenvalue weighted by Gasteiger charge is -2.11. The summed E-state index contributed by atoms with van der Waals surface area (Å²) in [6.45, 7) is 1.94. The van der Waals surface area contributed by atoms with Crippen LogP contribution in [0.15, 0.2) is 18.2 Å². The van der Waals surface area contributed by atoms with Crippen molar-refractivity contribution >= 4 is 11.8 Å². The van der Waals surface area contributed by atoms with Gasteiger partial charge >= 0.3 is 0 Å². The molecule has 1 atom stereocenters. The van der Waals surface area contributed by atoms with Crippen LogP contribution in [0.25, 0.3) is 0 Å². The second-order valence-corrected chi connectivity index (χ2v) is 4.00. The summed E-state index contributed by atoms with van der Waals surface area (Å²) in [6.07, 6.45) is 1.97. The monoisotopic (exact) mass is 199 g/mol. The zero-order valence-corrected chi connectivity index (χ0v) is 8.70. The molecule has 0 amide bonds. The van der Waals surface area contributed by atoms with Gasteiger partial charge in [0, 0.05) is 17.4 Å². The summed E-state index contributed by atoms with van der Waals surface area (Å²) in [5.41, 5.74) is 7.48. The molecule has 0 spiro atoms. The first kappa shape index (κ1) is 10.5. The summed E-state index contributed by atoms with van der Waals surface area (Å²) in [6, 6.07) is 4.85. The Labute approximate surface area is 82.5 Å². The maximum atomic E-state index is 13.3. The summed E-state index contributed by atoms with van der Waals surface area (Å²) in [5, 5.41) is 0. The van der Waals surface area contributed by atoms with E-state index in [-0.39, 0.29) is 11.9 Å². The number of hydrogen-bond donors (Lipinski definition) is 1. The molecule has 72 valence electrons. The van der Waals surface area contributed by atoms with E-state index in [1.165, 1.54) is 6.07 Å². The van der Waals surface area contributed by atoms with Crippen molar-refractivity contribution < 1.29 is 4.39 Å². The van der Waals surface area contributed by atoms with Crippen LogP contribution in [0.4, 0.5) is 4.39 Å². The quantitative estimate of drug-likeness (QED) is 0.809. The van der Waals surface area contributed by atoms with Crippen molar-refractivity contribution in [1.29, 1.82) is 0 Å². The van der Waals surface area contributed by atoms with Crippen molar-refractivity contribution in [1.82, 2.24) is 0 Å². The van der Waals surface area contributed by atoms with Gasteiger partial charge in [0.1, 0.15) is 5.82 Å². The molecule has 0 saturated carbocycles. The van der Waals surface area contributed by atoms with Crippen LogP contribution in [0.1, 0.15) is 17.2 Å². The Kier molecular flexibility index (Phi) is 3.75. The van der Waals surface area contributed by atoms with E-state index in [0.29, 0.717) is 5.56 Å². The molecule has 0 aromatic heterocycles. The molecule has 1 aromatic carbocycles. The second kappa shape index (κ2) is 4.63. The molecule has 0 heterocycles. The molecule has 1 nitrogen and oxygen atoms in total. The molecule has 0 aliphatic heterocycles. The van der Waals surface area contributed by atoms with Gasteiger partial charge in [0.05, 0.1) is 0 Å². The van der Waals surface area contributed by atoms with Crippen LogP contribution in [0, 0.1) is 12.7 Å². The Hall–Kier alpha value is -0.540. The summed E-state index contributed by atoms with van der Waals surface area (Å²) in [4.78, 5) is 0. The fraction of sp³-hybridized carbons (Fsp3) is 0.400. The molecule has 1 aromatic rings. The molecular formula is C10H14FNS. The van der Waals surface area contributed by atoms with Crippen molar-refractivity contribution in [2.24, 2.45) is 5.73 Å². The third kappa shape index (κ3) is 2.71. The predicted octanol–water partition coefficient (Wildman–Crippen LogP) is 2.50. The molecule has 0 aliphatic rings. The molecule has 0 saturated heterocycles. The lowest BCUT2D eigenvalue weighted by Crippen LogP contribution is -2.14. The highest BCUT2D eigenvalue weighted by molar-refractivity contribution is 7.98. The predicted molar refractivity (Wildman–Crippen MR) is 56.4 cm³/mol. The molecular weight excluding hydrogens is 185 g/mol. The Balaban J connectivity index is 2.91. The Morgan fingerprint density at radius 2 is 2.23 bits per heavy atom. The van der Waals surface area contributed by atoms with Gasteiger partial charge in [-0.1, -0.05) is 17.7 Å². The van der Waals surface area contributed by atoms with E-state index in [1.807, 2.05) is 19.2 Å². The van der Waals surface area contributed by atoms with Crippen LogP contribution in [-0.4, -0.2) is 12.0 Å². The van der Waals surface area contributed by atoms with Crippen LogP contribution < -0.4 is 5.73 Å². The summed E-state index contributed by atoms with van der Waals surface area (Å²) >= 11 is 1.63. The third-order valence-electron chi connectivity index (χ3n) is 1.90. The van der Waals surface area contributed by atoms with Gasteiger partial charge in [-0.3, -0.25) is 0 Å². The van der Waals surface area contributed by atoms with Crippen molar-refractivity contribution in [3.8, 4) is 0 Å². The van der Waals surface area contributed by atoms with Gasteiger partial charge < -0.3 is 5.73 Å². The fourth-order valence-corrected chi connectivity index (χ4v) is 1.76. The summed E-state index contributed by atoms with van der Waals surface area (Å²) in [7, 11) is 0. The molecule has 0 bridgehead atoms. The maximum absolute atomic E-state index is 13.3. The van der Waals surface area contributed by atoms with Gasteiger partial charge in [0.15, 0.2) is 0 Å². The summed E-state index contributed by atoms with van der Waals surface area (Å²) in [5.74, 6) is 0.549. The number of benzene rings is 1. The van der Waals surface area contributed by atoms with E-state index < -0.39 is 0 Å². The van der Waals surface area contributed by atoms with Gasteiger partial charge in [-0.25, -0.2) is 4.39 Å². The first-order chi connectivity index (χ1) is 6.15. The van der Waals surface area contributed by atoms with Crippen LogP contribution in [0.2, 0.25) is 0 Å². The van der Waals surface area contributed by atoms with E-state index in [1.54, 1.807) is 17.8 Å². The second-order valence-electron chi connectivity index (χ2n) is 3.09. The first-order valence-corrected chi connectivity index (χ1v) is 5.55. The van der Waals surface area contributed by atoms with E-state index in [9.17, 15) is 4.39 Å². The minimum atomic E-state index is -0.202. The normalized spacial score (nSPS) is 12.9. The Morgan fingerprint density at radius 3 is 2.85 bits per heavy atom. The smallest absolute Gasteiger partial charge is 0.128 e. The SMILES string of the molecule is CSCC(N)c1cc(C)ccc1F. The zero-order valence-electron chi connectivity index (χ0n) is 7.88. The highest BCUT2D eigenvalue weighted by Gasteiger charge is 2.10. The molecule has 3 heteroatoms. The van der Waals surface area contributed by atoms with Crippen molar-refractivity contribution in [3.63, 3.8) is 0 Å². The molecule has 2 N–H and O–H groups in total. The van der Waals surface area contributed by atoms with Crippen molar-refractivity contribution in [2.75, 3.05) is 12.0 Å². The molecule has 13 heavy (non-hydrogen) atoms. The zero-order chi connectivity index (χ0) is 9.84. The van der Waals surface area contributed by atoms with Crippen LogP contribution >= 0.6 is 11.8 Å². The third-order valence-corrected chi connectivity index (χ3v) is 2.59. The van der Waals surface area contributed by atoms with Crippen LogP contribution in [0.5, 0.6) is 0 Å². The molecule has 0 radical (unpaired) electrons. The summed E-state index contributed by atoms with van der Waals surface area (Å²) < 4.78 is 13.3. The Bertz CT molecular complexity index is 288. The molecule has 0 aliphatic carbocycles. The van der Waals surface area contributed by atoms with E-state index in [2.05, 4.69) is 0 Å². The number of thioether (sulfide) groups is 1. The lowest BCUT2D eigenvalue weighted by molar-refractivity contribution is 0.595. The van der Waals surface area contributed by atoms with Gasteiger partial charge in [-0.2, -0.15) is 11.8 Å². The average molecular weight is 199 g/mol. The van der Waals surface area contributed by atoms with Crippen molar-refractivity contribution in [2.45, 2.75) is 13.0 Å². The highest BCUT2D eigenvalue weighted by Crippen LogP contribution is 2.19. The van der Waals surface area contributed by atoms with E-state index in [0.717, 1.165) is 11.3 Å². The minimum absolute atomic E-state index is 0.199. The molecule has 1 rings (SSSR count). The van der Waals surface area contributed by atoms with Crippen molar-refractivity contribution in [3.05, 3.63) is 35.1 Å². The van der Waals surface area contributed by atoms with E-state index in [4.69, 9.17) is 5.73 Å².